The van der Waals surface area contributed by atoms with E-state index in [4.69, 9.17) is 14.2 Å². The van der Waals surface area contributed by atoms with E-state index >= 15 is 0 Å². The SMILES string of the molecule is COCCn1c(COc2ccccc2-c2ccccc2)nnc1SCCOc1ccccc1. The lowest BCUT2D eigenvalue weighted by molar-refractivity contribution is 0.181. The number of hydrogen-bond donors (Lipinski definition) is 0. The van der Waals surface area contributed by atoms with Gasteiger partial charge in [-0.1, -0.05) is 78.5 Å². The van der Waals surface area contributed by atoms with Crippen molar-refractivity contribution >= 4 is 11.8 Å². The summed E-state index contributed by atoms with van der Waals surface area (Å²) in [6.07, 6.45) is 0. The number of benzene rings is 3. The summed E-state index contributed by atoms with van der Waals surface area (Å²) in [4.78, 5) is 0. The first kappa shape index (κ1) is 22.9. The Morgan fingerprint density at radius 2 is 1.52 bits per heavy atom. The van der Waals surface area contributed by atoms with E-state index < -0.39 is 0 Å². The smallest absolute Gasteiger partial charge is 0.191 e. The molecule has 3 aromatic carbocycles. The first-order chi connectivity index (χ1) is 16.3. The molecule has 0 saturated heterocycles. The Labute approximate surface area is 198 Å². The van der Waals surface area contributed by atoms with E-state index in [0.717, 1.165) is 39.4 Å². The quantitative estimate of drug-likeness (QED) is 0.210. The van der Waals surface area contributed by atoms with E-state index in [9.17, 15) is 0 Å². The lowest BCUT2D eigenvalue weighted by Crippen LogP contribution is -2.12. The van der Waals surface area contributed by atoms with Gasteiger partial charge in [0.2, 0.25) is 0 Å². The third-order valence-corrected chi connectivity index (χ3v) is 5.90. The molecule has 4 aromatic rings. The molecule has 0 spiro atoms. The van der Waals surface area contributed by atoms with Crippen LogP contribution in [0.1, 0.15) is 5.82 Å². The Hall–Kier alpha value is -3.29. The summed E-state index contributed by atoms with van der Waals surface area (Å²) in [7, 11) is 1.69. The second kappa shape index (κ2) is 12.1. The van der Waals surface area contributed by atoms with E-state index in [0.29, 0.717) is 26.4 Å². The maximum Gasteiger partial charge on any atom is 0.191 e. The number of thioether (sulfide) groups is 1. The van der Waals surface area contributed by atoms with Gasteiger partial charge >= 0.3 is 0 Å². The van der Waals surface area contributed by atoms with Crippen LogP contribution in [0.4, 0.5) is 0 Å². The maximum atomic E-state index is 6.20. The lowest BCUT2D eigenvalue weighted by atomic mass is 10.1. The molecule has 0 atom stereocenters. The number of aromatic nitrogens is 3. The van der Waals surface area contributed by atoms with Crippen molar-refractivity contribution in [3.63, 3.8) is 0 Å². The minimum atomic E-state index is 0.321. The second-order valence-electron chi connectivity index (χ2n) is 7.20. The molecule has 6 nitrogen and oxygen atoms in total. The van der Waals surface area contributed by atoms with E-state index in [2.05, 4.69) is 33.0 Å². The van der Waals surface area contributed by atoms with E-state index in [-0.39, 0.29) is 0 Å². The Morgan fingerprint density at radius 1 is 0.788 bits per heavy atom. The van der Waals surface area contributed by atoms with Gasteiger partial charge in [0.25, 0.3) is 0 Å². The molecular weight excluding hydrogens is 434 g/mol. The van der Waals surface area contributed by atoms with Gasteiger partial charge < -0.3 is 18.8 Å². The third-order valence-electron chi connectivity index (χ3n) is 4.97. The molecule has 4 rings (SSSR count). The number of methoxy groups -OCH3 is 1. The molecule has 0 aliphatic carbocycles. The van der Waals surface area contributed by atoms with E-state index in [1.54, 1.807) is 18.9 Å². The van der Waals surface area contributed by atoms with Crippen LogP contribution in [0.5, 0.6) is 11.5 Å². The molecule has 7 heteroatoms. The minimum absolute atomic E-state index is 0.321. The molecular formula is C26H27N3O3S. The molecule has 0 aliphatic rings. The fraction of sp³-hybridized carbons (Fsp3) is 0.231. The summed E-state index contributed by atoms with van der Waals surface area (Å²) < 4.78 is 19.3. The van der Waals surface area contributed by atoms with Gasteiger partial charge in [-0.2, -0.15) is 0 Å². The van der Waals surface area contributed by atoms with E-state index in [1.165, 1.54) is 0 Å². The zero-order chi connectivity index (χ0) is 22.7. The van der Waals surface area contributed by atoms with Crippen molar-refractivity contribution in [1.29, 1.82) is 0 Å². The first-order valence-electron chi connectivity index (χ1n) is 10.8. The van der Waals surface area contributed by atoms with Gasteiger partial charge in [-0.15, -0.1) is 10.2 Å². The Kier molecular flexibility index (Phi) is 8.38. The van der Waals surface area contributed by atoms with Crippen molar-refractivity contribution in [2.75, 3.05) is 26.1 Å². The topological polar surface area (TPSA) is 58.4 Å². The van der Waals surface area contributed by atoms with Crippen LogP contribution in [0, 0.1) is 0 Å². The van der Waals surface area contributed by atoms with Gasteiger partial charge in [0.15, 0.2) is 11.0 Å². The maximum absolute atomic E-state index is 6.20. The summed E-state index contributed by atoms with van der Waals surface area (Å²) in [6, 6.07) is 28.1. The molecule has 170 valence electrons. The fourth-order valence-corrected chi connectivity index (χ4v) is 4.14. The first-order valence-corrected chi connectivity index (χ1v) is 11.8. The highest BCUT2D eigenvalue weighted by atomic mass is 32.2. The summed E-state index contributed by atoms with van der Waals surface area (Å²) in [5.41, 5.74) is 2.16. The predicted molar refractivity (Wildman–Crippen MR) is 131 cm³/mol. The highest BCUT2D eigenvalue weighted by Crippen LogP contribution is 2.30. The average molecular weight is 462 g/mol. The second-order valence-corrected chi connectivity index (χ2v) is 8.27. The molecule has 0 bridgehead atoms. The van der Waals surface area contributed by atoms with Crippen molar-refractivity contribution in [3.8, 4) is 22.6 Å². The molecule has 0 N–H and O–H groups in total. The van der Waals surface area contributed by atoms with Crippen LogP contribution in [-0.2, 0) is 17.9 Å². The molecule has 1 aromatic heterocycles. The Balaban J connectivity index is 1.41. The normalized spacial score (nSPS) is 10.8. The predicted octanol–water partition coefficient (Wildman–Crippen LogP) is 5.34. The number of hydrogen-bond acceptors (Lipinski definition) is 6. The van der Waals surface area contributed by atoms with Crippen LogP contribution >= 0.6 is 11.8 Å². The van der Waals surface area contributed by atoms with Gasteiger partial charge in [0.05, 0.1) is 13.2 Å². The molecule has 0 unspecified atom stereocenters. The van der Waals surface area contributed by atoms with Crippen molar-refractivity contribution in [2.45, 2.75) is 18.3 Å². The lowest BCUT2D eigenvalue weighted by Gasteiger charge is -2.13. The monoisotopic (exact) mass is 461 g/mol. The summed E-state index contributed by atoms with van der Waals surface area (Å²) >= 11 is 1.61. The number of nitrogens with zero attached hydrogens (tertiary/aromatic N) is 3. The highest BCUT2D eigenvalue weighted by Gasteiger charge is 2.14. The summed E-state index contributed by atoms with van der Waals surface area (Å²) in [6.45, 7) is 2.13. The van der Waals surface area contributed by atoms with Crippen molar-refractivity contribution in [2.24, 2.45) is 0 Å². The summed E-state index contributed by atoms with van der Waals surface area (Å²) in [5, 5.41) is 9.62. The molecule has 1 heterocycles. The zero-order valence-electron chi connectivity index (χ0n) is 18.6. The van der Waals surface area contributed by atoms with Gasteiger partial charge in [-0.25, -0.2) is 0 Å². The van der Waals surface area contributed by atoms with Crippen LogP contribution in [0.15, 0.2) is 90.1 Å². The van der Waals surface area contributed by atoms with Gasteiger partial charge in [-0.05, 0) is 23.8 Å². The number of rotatable bonds is 12. The van der Waals surface area contributed by atoms with Crippen molar-refractivity contribution in [3.05, 3.63) is 90.8 Å². The molecule has 0 amide bonds. The van der Waals surface area contributed by atoms with Crippen LogP contribution in [0.3, 0.4) is 0 Å². The molecule has 0 aliphatic heterocycles. The zero-order valence-corrected chi connectivity index (χ0v) is 19.4. The van der Waals surface area contributed by atoms with Gasteiger partial charge in [-0.3, -0.25) is 0 Å². The Bertz CT molecular complexity index is 1120. The molecule has 0 saturated carbocycles. The van der Waals surface area contributed by atoms with Crippen LogP contribution in [0.2, 0.25) is 0 Å². The van der Waals surface area contributed by atoms with Crippen LogP contribution in [0.25, 0.3) is 11.1 Å². The van der Waals surface area contributed by atoms with Crippen LogP contribution in [-0.4, -0.2) is 40.8 Å². The summed E-state index contributed by atoms with van der Waals surface area (Å²) in [5.74, 6) is 3.21. The number of para-hydroxylation sites is 2. The minimum Gasteiger partial charge on any atom is -0.493 e. The molecule has 33 heavy (non-hydrogen) atoms. The Morgan fingerprint density at radius 3 is 2.30 bits per heavy atom. The van der Waals surface area contributed by atoms with Gasteiger partial charge in [0.1, 0.15) is 18.1 Å². The van der Waals surface area contributed by atoms with Crippen LogP contribution < -0.4 is 9.47 Å². The standard InChI is InChI=1S/C26H27N3O3S/c1-30-17-16-29-25(27-28-26(29)33-19-18-31-22-12-6-3-7-13-22)20-32-24-15-9-8-14-23(24)21-10-4-2-5-11-21/h2-15H,16-20H2,1H3. The van der Waals surface area contributed by atoms with E-state index in [1.807, 2.05) is 66.7 Å². The van der Waals surface area contributed by atoms with Crippen molar-refractivity contribution < 1.29 is 14.2 Å². The average Bonchev–Trinajstić information content (AvgIpc) is 3.26. The molecule has 0 radical (unpaired) electrons. The van der Waals surface area contributed by atoms with Gasteiger partial charge in [0, 0.05) is 25.0 Å². The largest absolute Gasteiger partial charge is 0.493 e. The van der Waals surface area contributed by atoms with Crippen molar-refractivity contribution in [1.82, 2.24) is 14.8 Å². The third kappa shape index (κ3) is 6.37. The molecule has 0 fully saturated rings. The number of ether oxygens (including phenoxy) is 3. The highest BCUT2D eigenvalue weighted by molar-refractivity contribution is 7.99. The fourth-order valence-electron chi connectivity index (χ4n) is 3.34.